The van der Waals surface area contributed by atoms with Crippen LogP contribution in [0.25, 0.3) is 0 Å². The summed E-state index contributed by atoms with van der Waals surface area (Å²) in [4.78, 5) is 13.8. The molecule has 110 valence electrons. The van der Waals surface area contributed by atoms with Gasteiger partial charge in [0.15, 0.2) is 0 Å². The van der Waals surface area contributed by atoms with Crippen LogP contribution in [0.15, 0.2) is 24.3 Å². The van der Waals surface area contributed by atoms with Gasteiger partial charge in [-0.3, -0.25) is 4.79 Å². The van der Waals surface area contributed by atoms with Gasteiger partial charge in [0.25, 0.3) is 0 Å². The lowest BCUT2D eigenvalue weighted by atomic mass is 10.00. The molecule has 20 heavy (non-hydrogen) atoms. The Hall–Kier alpha value is -1.35. The molecule has 0 saturated carbocycles. The summed E-state index contributed by atoms with van der Waals surface area (Å²) in [5.41, 5.74) is 2.17. The molecule has 1 N–H and O–H groups in total. The molecule has 0 spiro atoms. The molecule has 1 aliphatic rings. The fourth-order valence-electron chi connectivity index (χ4n) is 2.65. The van der Waals surface area contributed by atoms with Crippen molar-refractivity contribution in [2.75, 3.05) is 13.1 Å². The molecule has 1 aromatic rings. The zero-order chi connectivity index (χ0) is 14.5. The largest absolute Gasteiger partial charge is 0.387 e. The molecule has 1 amide bonds. The van der Waals surface area contributed by atoms with Crippen molar-refractivity contribution in [2.45, 2.75) is 51.6 Å². The molecule has 0 aliphatic carbocycles. The van der Waals surface area contributed by atoms with E-state index in [1.54, 1.807) is 0 Å². The minimum Gasteiger partial charge on any atom is -0.387 e. The Labute approximate surface area is 121 Å². The van der Waals surface area contributed by atoms with Crippen LogP contribution in [0, 0.1) is 0 Å². The van der Waals surface area contributed by atoms with E-state index in [1.807, 2.05) is 17.0 Å². The molecule has 0 aromatic heterocycles. The first-order chi connectivity index (χ1) is 9.58. The maximum absolute atomic E-state index is 11.9. The molecular formula is C17H25NO2. The SMILES string of the molecule is CC(C)c1ccc(C(O)CN2CCCCCC2=O)cc1. The average molecular weight is 275 g/mol. The van der Waals surface area contributed by atoms with Crippen LogP contribution in [0.2, 0.25) is 0 Å². The highest BCUT2D eigenvalue weighted by molar-refractivity contribution is 5.76. The van der Waals surface area contributed by atoms with Gasteiger partial charge in [0, 0.05) is 13.0 Å². The van der Waals surface area contributed by atoms with Gasteiger partial charge in [-0.1, -0.05) is 44.5 Å². The van der Waals surface area contributed by atoms with E-state index >= 15 is 0 Å². The molecule has 1 saturated heterocycles. The van der Waals surface area contributed by atoms with Crippen LogP contribution >= 0.6 is 0 Å². The van der Waals surface area contributed by atoms with Crippen LogP contribution in [0.1, 0.15) is 62.7 Å². The highest BCUT2D eigenvalue weighted by Crippen LogP contribution is 2.21. The molecule has 1 heterocycles. The van der Waals surface area contributed by atoms with E-state index in [0.29, 0.717) is 18.9 Å². The topological polar surface area (TPSA) is 40.5 Å². The normalized spacial score (nSPS) is 18.2. The third-order valence-electron chi connectivity index (χ3n) is 4.05. The average Bonchev–Trinajstić information content (AvgIpc) is 2.64. The second-order valence-corrected chi connectivity index (χ2v) is 5.99. The summed E-state index contributed by atoms with van der Waals surface area (Å²) in [5, 5.41) is 10.3. The number of carbonyl (C=O) groups excluding carboxylic acids is 1. The summed E-state index contributed by atoms with van der Waals surface area (Å²) in [6.07, 6.45) is 3.18. The van der Waals surface area contributed by atoms with E-state index in [1.165, 1.54) is 5.56 Å². The van der Waals surface area contributed by atoms with Crippen molar-refractivity contribution in [3.8, 4) is 0 Å². The van der Waals surface area contributed by atoms with Crippen molar-refractivity contribution >= 4 is 5.91 Å². The van der Waals surface area contributed by atoms with Crippen molar-refractivity contribution in [1.29, 1.82) is 0 Å². The summed E-state index contributed by atoms with van der Waals surface area (Å²) in [7, 11) is 0. The van der Waals surface area contributed by atoms with Gasteiger partial charge >= 0.3 is 0 Å². The first kappa shape index (κ1) is 15.0. The highest BCUT2D eigenvalue weighted by atomic mass is 16.3. The van der Waals surface area contributed by atoms with Crippen LogP contribution in [-0.4, -0.2) is 29.0 Å². The summed E-state index contributed by atoms with van der Waals surface area (Å²) in [6.45, 7) is 5.50. The summed E-state index contributed by atoms with van der Waals surface area (Å²) in [5.74, 6) is 0.675. The molecule has 3 nitrogen and oxygen atoms in total. The Bertz CT molecular complexity index is 439. The number of rotatable bonds is 4. The van der Waals surface area contributed by atoms with Gasteiger partial charge in [-0.15, -0.1) is 0 Å². The number of aliphatic hydroxyl groups is 1. The number of aliphatic hydroxyl groups excluding tert-OH is 1. The van der Waals surface area contributed by atoms with E-state index in [9.17, 15) is 9.90 Å². The maximum Gasteiger partial charge on any atom is 0.222 e. The lowest BCUT2D eigenvalue weighted by molar-refractivity contribution is -0.132. The summed E-state index contributed by atoms with van der Waals surface area (Å²) in [6, 6.07) is 8.07. The number of hydrogen-bond donors (Lipinski definition) is 1. The number of benzene rings is 1. The molecule has 2 rings (SSSR count). The summed E-state index contributed by atoms with van der Waals surface area (Å²) < 4.78 is 0. The second-order valence-electron chi connectivity index (χ2n) is 5.99. The third kappa shape index (κ3) is 3.83. The minimum atomic E-state index is -0.585. The van der Waals surface area contributed by atoms with Crippen LogP contribution in [-0.2, 0) is 4.79 Å². The predicted octanol–water partition coefficient (Wildman–Crippen LogP) is 3.25. The first-order valence-corrected chi connectivity index (χ1v) is 7.63. The van der Waals surface area contributed by atoms with E-state index in [-0.39, 0.29) is 5.91 Å². The van der Waals surface area contributed by atoms with Gasteiger partial charge in [0.05, 0.1) is 12.6 Å². The minimum absolute atomic E-state index is 0.181. The molecule has 0 bridgehead atoms. The quantitative estimate of drug-likeness (QED) is 0.916. The fraction of sp³-hybridized carbons (Fsp3) is 0.588. The van der Waals surface area contributed by atoms with Crippen LogP contribution < -0.4 is 0 Å². The Balaban J connectivity index is 1.99. The zero-order valence-corrected chi connectivity index (χ0v) is 12.5. The number of likely N-dealkylation sites (tertiary alicyclic amines) is 1. The second kappa shape index (κ2) is 6.89. The molecule has 3 heteroatoms. The van der Waals surface area contributed by atoms with Gasteiger partial charge in [-0.25, -0.2) is 0 Å². The van der Waals surface area contributed by atoms with Crippen LogP contribution in [0.3, 0.4) is 0 Å². The third-order valence-corrected chi connectivity index (χ3v) is 4.05. The number of β-amino-alcohol motifs (C(OH)–C–C–N with tert-alkyl or cyclic N) is 1. The number of amides is 1. The lowest BCUT2D eigenvalue weighted by Gasteiger charge is -2.24. The molecule has 1 aliphatic heterocycles. The van der Waals surface area contributed by atoms with Gasteiger partial charge in [-0.2, -0.15) is 0 Å². The Morgan fingerprint density at radius 1 is 1.10 bits per heavy atom. The summed E-state index contributed by atoms with van der Waals surface area (Å²) >= 11 is 0. The van der Waals surface area contributed by atoms with Gasteiger partial charge in [0.1, 0.15) is 0 Å². The van der Waals surface area contributed by atoms with E-state index in [0.717, 1.165) is 31.4 Å². The first-order valence-electron chi connectivity index (χ1n) is 7.63. The monoisotopic (exact) mass is 275 g/mol. The fourth-order valence-corrected chi connectivity index (χ4v) is 2.65. The van der Waals surface area contributed by atoms with Crippen LogP contribution in [0.5, 0.6) is 0 Å². The highest BCUT2D eigenvalue weighted by Gasteiger charge is 2.20. The van der Waals surface area contributed by atoms with Crippen molar-refractivity contribution in [3.63, 3.8) is 0 Å². The van der Waals surface area contributed by atoms with Gasteiger partial charge in [-0.05, 0) is 29.9 Å². The van der Waals surface area contributed by atoms with E-state index in [2.05, 4.69) is 26.0 Å². The number of nitrogens with zero attached hydrogens (tertiary/aromatic N) is 1. The lowest BCUT2D eigenvalue weighted by Crippen LogP contribution is -2.34. The van der Waals surface area contributed by atoms with Crippen molar-refractivity contribution in [1.82, 2.24) is 4.90 Å². The maximum atomic E-state index is 11.9. The Morgan fingerprint density at radius 2 is 1.75 bits per heavy atom. The zero-order valence-electron chi connectivity index (χ0n) is 12.5. The van der Waals surface area contributed by atoms with Gasteiger partial charge < -0.3 is 10.0 Å². The molecule has 0 radical (unpaired) electrons. The Kier molecular flexibility index (Phi) is 5.18. The predicted molar refractivity (Wildman–Crippen MR) is 80.5 cm³/mol. The number of hydrogen-bond acceptors (Lipinski definition) is 2. The van der Waals surface area contributed by atoms with Crippen molar-refractivity contribution in [2.24, 2.45) is 0 Å². The molecule has 1 atom stereocenters. The van der Waals surface area contributed by atoms with Gasteiger partial charge in [0.2, 0.25) is 5.91 Å². The number of carbonyl (C=O) groups is 1. The van der Waals surface area contributed by atoms with E-state index < -0.39 is 6.10 Å². The van der Waals surface area contributed by atoms with E-state index in [4.69, 9.17) is 0 Å². The standard InChI is InChI=1S/C17H25NO2/c1-13(2)14-7-9-15(10-8-14)16(19)12-18-11-5-3-4-6-17(18)20/h7-10,13,16,19H,3-6,11-12H2,1-2H3. The Morgan fingerprint density at radius 3 is 2.40 bits per heavy atom. The molecule has 1 aromatic carbocycles. The van der Waals surface area contributed by atoms with Crippen LogP contribution in [0.4, 0.5) is 0 Å². The van der Waals surface area contributed by atoms with Crippen molar-refractivity contribution < 1.29 is 9.90 Å². The molecule has 1 fully saturated rings. The molecular weight excluding hydrogens is 250 g/mol. The molecule has 1 unspecified atom stereocenters. The smallest absolute Gasteiger partial charge is 0.222 e. The van der Waals surface area contributed by atoms with Crippen molar-refractivity contribution in [3.05, 3.63) is 35.4 Å².